The summed E-state index contributed by atoms with van der Waals surface area (Å²) >= 11 is 0. The lowest BCUT2D eigenvalue weighted by Crippen LogP contribution is -2.36. The van der Waals surface area contributed by atoms with Gasteiger partial charge in [-0.25, -0.2) is 0 Å². The number of rotatable bonds is 6. The van der Waals surface area contributed by atoms with Gasteiger partial charge in [-0.2, -0.15) is 0 Å². The summed E-state index contributed by atoms with van der Waals surface area (Å²) in [5.41, 5.74) is 3.03. The van der Waals surface area contributed by atoms with Crippen LogP contribution in [0.5, 0.6) is 5.75 Å². The fourth-order valence-electron chi connectivity index (χ4n) is 2.52. The highest BCUT2D eigenvalue weighted by Crippen LogP contribution is 2.12. The van der Waals surface area contributed by atoms with Crippen molar-refractivity contribution < 1.29 is 9.53 Å². The van der Waals surface area contributed by atoms with E-state index in [9.17, 15) is 4.79 Å². The molecular weight excluding hydrogens is 312 g/mol. The van der Waals surface area contributed by atoms with Crippen LogP contribution in [0.4, 0.5) is 0 Å². The number of benzene rings is 2. The molecule has 0 bridgehead atoms. The largest absolute Gasteiger partial charge is 0.471 e. The van der Waals surface area contributed by atoms with Crippen molar-refractivity contribution in [3.8, 4) is 5.75 Å². The molecule has 4 nitrogen and oxygen atoms in total. The second-order valence-electron chi connectivity index (χ2n) is 5.78. The van der Waals surface area contributed by atoms with Gasteiger partial charge in [0.15, 0.2) is 6.23 Å². The van der Waals surface area contributed by atoms with Crippen LogP contribution in [-0.2, 0) is 6.42 Å². The summed E-state index contributed by atoms with van der Waals surface area (Å²) in [4.78, 5) is 16.2. The van der Waals surface area contributed by atoms with Crippen molar-refractivity contribution in [2.45, 2.75) is 19.6 Å². The molecule has 0 spiro atoms. The molecule has 1 amide bonds. The van der Waals surface area contributed by atoms with Crippen LogP contribution in [0.1, 0.15) is 28.4 Å². The van der Waals surface area contributed by atoms with Crippen LogP contribution in [0.3, 0.4) is 0 Å². The Morgan fingerprint density at radius 2 is 1.60 bits per heavy atom. The third-order valence-corrected chi connectivity index (χ3v) is 3.76. The second-order valence-corrected chi connectivity index (χ2v) is 5.78. The molecule has 2 aromatic carbocycles. The maximum Gasteiger partial charge on any atom is 0.254 e. The number of carbonyl (C=O) groups is 1. The van der Waals surface area contributed by atoms with E-state index in [1.54, 1.807) is 31.5 Å². The molecule has 0 aliphatic heterocycles. The normalized spacial score (nSPS) is 11.6. The Hall–Kier alpha value is -3.14. The molecule has 1 atom stereocenters. The maximum atomic E-state index is 12.3. The van der Waals surface area contributed by atoms with Crippen LogP contribution < -0.4 is 10.1 Å². The summed E-state index contributed by atoms with van der Waals surface area (Å²) in [5, 5.41) is 2.83. The van der Waals surface area contributed by atoms with Crippen molar-refractivity contribution in [2.24, 2.45) is 0 Å². The van der Waals surface area contributed by atoms with Gasteiger partial charge in [-0.3, -0.25) is 9.78 Å². The Bertz CT molecular complexity index is 802. The summed E-state index contributed by atoms with van der Waals surface area (Å²) in [5.74, 6) is 0.508. The molecule has 1 aromatic heterocycles. The maximum absolute atomic E-state index is 12.3. The van der Waals surface area contributed by atoms with Crippen molar-refractivity contribution in [1.82, 2.24) is 10.3 Å². The van der Waals surface area contributed by atoms with Gasteiger partial charge in [0.1, 0.15) is 5.75 Å². The molecule has 0 fully saturated rings. The molecule has 0 saturated heterocycles. The number of amides is 1. The Labute approximate surface area is 147 Å². The van der Waals surface area contributed by atoms with E-state index < -0.39 is 6.23 Å². The SMILES string of the molecule is CC(NC(=O)c1ccc(Cc2ccccc2)cc1)Oc1ccncc1. The molecule has 1 unspecified atom stereocenters. The predicted molar refractivity (Wildman–Crippen MR) is 97.5 cm³/mol. The van der Waals surface area contributed by atoms with Crippen LogP contribution in [0.15, 0.2) is 79.1 Å². The standard InChI is InChI=1S/C21H20N2O2/c1-16(25-20-11-13-22-14-12-20)23-21(24)19-9-7-18(8-10-19)15-17-5-3-2-4-6-17/h2-14,16H,15H2,1H3,(H,23,24). The number of ether oxygens (including phenoxy) is 1. The zero-order chi connectivity index (χ0) is 17.5. The fourth-order valence-corrected chi connectivity index (χ4v) is 2.52. The van der Waals surface area contributed by atoms with E-state index in [0.717, 1.165) is 6.42 Å². The smallest absolute Gasteiger partial charge is 0.254 e. The van der Waals surface area contributed by atoms with Gasteiger partial charge in [0.2, 0.25) is 0 Å². The highest BCUT2D eigenvalue weighted by atomic mass is 16.5. The number of aromatic nitrogens is 1. The minimum absolute atomic E-state index is 0.159. The van der Waals surface area contributed by atoms with Crippen LogP contribution >= 0.6 is 0 Å². The minimum atomic E-state index is -0.432. The zero-order valence-corrected chi connectivity index (χ0v) is 14.1. The highest BCUT2D eigenvalue weighted by Gasteiger charge is 2.10. The summed E-state index contributed by atoms with van der Waals surface area (Å²) in [6.45, 7) is 1.79. The van der Waals surface area contributed by atoms with Crippen LogP contribution in [0.2, 0.25) is 0 Å². The van der Waals surface area contributed by atoms with E-state index in [1.165, 1.54) is 11.1 Å². The lowest BCUT2D eigenvalue weighted by atomic mass is 10.0. The second kappa shape index (κ2) is 8.11. The van der Waals surface area contributed by atoms with Gasteiger partial charge >= 0.3 is 0 Å². The lowest BCUT2D eigenvalue weighted by molar-refractivity contribution is 0.0851. The third-order valence-electron chi connectivity index (χ3n) is 3.76. The average molecular weight is 332 g/mol. The molecule has 1 heterocycles. The molecule has 0 saturated carbocycles. The summed E-state index contributed by atoms with van der Waals surface area (Å²) in [6, 6.07) is 21.4. The molecule has 1 N–H and O–H groups in total. The Balaban J connectivity index is 1.57. The molecule has 126 valence electrons. The summed E-state index contributed by atoms with van der Waals surface area (Å²) in [6.07, 6.45) is 3.72. The number of carbonyl (C=O) groups excluding carboxylic acids is 1. The molecule has 0 radical (unpaired) electrons. The third kappa shape index (κ3) is 4.91. The van der Waals surface area contributed by atoms with E-state index in [1.807, 2.05) is 42.5 Å². The van der Waals surface area contributed by atoms with Gasteiger partial charge in [0, 0.05) is 18.0 Å². The van der Waals surface area contributed by atoms with Gasteiger partial charge in [-0.1, -0.05) is 42.5 Å². The number of hydrogen-bond donors (Lipinski definition) is 1. The van der Waals surface area contributed by atoms with E-state index in [2.05, 4.69) is 22.4 Å². The van der Waals surface area contributed by atoms with Crippen LogP contribution in [-0.4, -0.2) is 17.1 Å². The van der Waals surface area contributed by atoms with Gasteiger partial charge in [0.05, 0.1) is 0 Å². The van der Waals surface area contributed by atoms with Crippen molar-refractivity contribution >= 4 is 5.91 Å². The highest BCUT2D eigenvalue weighted by molar-refractivity contribution is 5.94. The monoisotopic (exact) mass is 332 g/mol. The first-order chi connectivity index (χ1) is 12.2. The Morgan fingerprint density at radius 3 is 2.28 bits per heavy atom. The van der Waals surface area contributed by atoms with Gasteiger partial charge in [0.25, 0.3) is 5.91 Å². The first-order valence-electron chi connectivity index (χ1n) is 8.21. The van der Waals surface area contributed by atoms with Gasteiger partial charge < -0.3 is 10.1 Å². The minimum Gasteiger partial charge on any atom is -0.471 e. The molecule has 3 rings (SSSR count). The fraction of sp³-hybridized carbons (Fsp3) is 0.143. The van der Waals surface area contributed by atoms with Crippen molar-refractivity contribution in [1.29, 1.82) is 0 Å². The van der Waals surface area contributed by atoms with Crippen LogP contribution in [0.25, 0.3) is 0 Å². The molecule has 4 heteroatoms. The number of nitrogens with one attached hydrogen (secondary N) is 1. The summed E-state index contributed by atoms with van der Waals surface area (Å²) < 4.78 is 5.64. The first-order valence-corrected chi connectivity index (χ1v) is 8.21. The molecule has 25 heavy (non-hydrogen) atoms. The van der Waals surface area contributed by atoms with Gasteiger partial charge in [-0.15, -0.1) is 0 Å². The Kier molecular flexibility index (Phi) is 5.42. The molecular formula is C21H20N2O2. The Morgan fingerprint density at radius 1 is 0.960 bits per heavy atom. The lowest BCUT2D eigenvalue weighted by Gasteiger charge is -2.16. The number of hydrogen-bond acceptors (Lipinski definition) is 3. The van der Waals surface area contributed by atoms with E-state index in [0.29, 0.717) is 11.3 Å². The molecule has 0 aliphatic carbocycles. The van der Waals surface area contributed by atoms with Crippen molar-refractivity contribution in [3.63, 3.8) is 0 Å². The topological polar surface area (TPSA) is 51.2 Å². The van der Waals surface area contributed by atoms with E-state index in [-0.39, 0.29) is 5.91 Å². The molecule has 0 aliphatic rings. The van der Waals surface area contributed by atoms with Gasteiger partial charge in [-0.05, 0) is 48.7 Å². The summed E-state index contributed by atoms with van der Waals surface area (Å²) in [7, 11) is 0. The average Bonchev–Trinajstić information content (AvgIpc) is 2.64. The van der Waals surface area contributed by atoms with Crippen LogP contribution in [0, 0.1) is 0 Å². The molecule has 3 aromatic rings. The van der Waals surface area contributed by atoms with Crippen molar-refractivity contribution in [2.75, 3.05) is 0 Å². The zero-order valence-electron chi connectivity index (χ0n) is 14.1. The number of nitrogens with zero attached hydrogens (tertiary/aromatic N) is 1. The quantitative estimate of drug-likeness (QED) is 0.698. The first kappa shape index (κ1) is 16.7. The number of pyridine rings is 1. The van der Waals surface area contributed by atoms with E-state index in [4.69, 9.17) is 4.74 Å². The van der Waals surface area contributed by atoms with E-state index >= 15 is 0 Å². The van der Waals surface area contributed by atoms with Crippen molar-refractivity contribution in [3.05, 3.63) is 95.8 Å². The predicted octanol–water partition coefficient (Wildman–Crippen LogP) is 3.83.